The molecule has 10 heteroatoms. The molecule has 3 amide bonds. The van der Waals surface area contributed by atoms with Crippen LogP contribution in [0.25, 0.3) is 0 Å². The van der Waals surface area contributed by atoms with Gasteiger partial charge in [0, 0.05) is 17.1 Å². The molecule has 2 unspecified atom stereocenters. The summed E-state index contributed by atoms with van der Waals surface area (Å²) in [6.45, 7) is 5.73. The zero-order valence-corrected chi connectivity index (χ0v) is 23.3. The molecule has 0 spiro atoms. The van der Waals surface area contributed by atoms with Gasteiger partial charge in [0.15, 0.2) is 0 Å². The minimum Gasteiger partial charge on any atom is -0.508 e. The summed E-state index contributed by atoms with van der Waals surface area (Å²) in [4.78, 5) is 39.5. The Kier molecular flexibility index (Phi) is 8.66. The second-order valence-corrected chi connectivity index (χ2v) is 11.0. The Labute approximate surface area is 237 Å². The van der Waals surface area contributed by atoms with Crippen molar-refractivity contribution in [2.75, 3.05) is 4.90 Å². The number of fused-ring (bicyclic) bond motifs is 1. The second-order valence-electron chi connectivity index (χ2n) is 10.6. The van der Waals surface area contributed by atoms with Crippen LogP contribution in [0.5, 0.6) is 5.75 Å². The summed E-state index contributed by atoms with van der Waals surface area (Å²) in [5.74, 6) is -1.00. The molecule has 4 N–H and O–H groups in total. The molecule has 0 bridgehead atoms. The Morgan fingerprint density at radius 2 is 1.80 bits per heavy atom. The number of nitrogens with two attached hydrogens (primary N) is 1. The van der Waals surface area contributed by atoms with Crippen LogP contribution < -0.4 is 16.0 Å². The van der Waals surface area contributed by atoms with E-state index in [0.29, 0.717) is 21.8 Å². The summed E-state index contributed by atoms with van der Waals surface area (Å²) in [5, 5.41) is 12.9. The summed E-state index contributed by atoms with van der Waals surface area (Å²) in [7, 11) is 0. The lowest BCUT2D eigenvalue weighted by molar-refractivity contribution is -0.137. The van der Waals surface area contributed by atoms with Gasteiger partial charge in [0.05, 0.1) is 18.7 Å². The van der Waals surface area contributed by atoms with Gasteiger partial charge in [-0.2, -0.15) is 0 Å². The molecule has 0 aliphatic carbocycles. The number of benzene rings is 3. The van der Waals surface area contributed by atoms with Crippen LogP contribution in [-0.2, 0) is 32.2 Å². The Balaban J connectivity index is 1.72. The zero-order valence-electron chi connectivity index (χ0n) is 22.5. The molecular formula is C30H32ClN3O6. The van der Waals surface area contributed by atoms with Crippen molar-refractivity contribution in [3.63, 3.8) is 0 Å². The standard InChI is InChI=1S/C30H32ClN3O6/c1-30(2,3)40-29(38)33-16-19-5-4-6-20(13-19)27-23-14-21(31)9-12-24(23)34(17-18-7-10-22(35)11-8-18)28(37)25(39-27)15-26(32)36/h4-14,25,27,35H,15-17H2,1-3H3,(H2,32,36)(H,33,38). The van der Waals surface area contributed by atoms with E-state index in [1.165, 1.54) is 12.1 Å². The number of primary amides is 1. The van der Waals surface area contributed by atoms with Gasteiger partial charge in [-0.05, 0) is 67.8 Å². The van der Waals surface area contributed by atoms with E-state index in [9.17, 15) is 19.5 Å². The normalized spacial score (nSPS) is 17.1. The molecule has 3 aromatic rings. The number of phenols is 1. The first-order valence-electron chi connectivity index (χ1n) is 12.8. The van der Waals surface area contributed by atoms with Crippen molar-refractivity contribution in [1.29, 1.82) is 0 Å². The first-order chi connectivity index (χ1) is 18.9. The van der Waals surface area contributed by atoms with Crippen LogP contribution in [0, 0.1) is 0 Å². The fourth-order valence-corrected chi connectivity index (χ4v) is 4.63. The number of amides is 3. The number of alkyl carbamates (subject to hydrolysis) is 1. The monoisotopic (exact) mass is 565 g/mol. The second kappa shape index (κ2) is 12.0. The third kappa shape index (κ3) is 7.31. The quantitative estimate of drug-likeness (QED) is 0.371. The molecule has 3 aromatic carbocycles. The minimum absolute atomic E-state index is 0.106. The van der Waals surface area contributed by atoms with Crippen molar-refractivity contribution in [2.45, 2.75) is 58.1 Å². The summed E-state index contributed by atoms with van der Waals surface area (Å²) >= 11 is 6.41. The topological polar surface area (TPSA) is 131 Å². The first kappa shape index (κ1) is 28.9. The van der Waals surface area contributed by atoms with E-state index in [1.807, 2.05) is 24.3 Å². The van der Waals surface area contributed by atoms with E-state index in [0.717, 1.165) is 11.1 Å². The highest BCUT2D eigenvalue weighted by Crippen LogP contribution is 2.40. The molecule has 40 heavy (non-hydrogen) atoms. The summed E-state index contributed by atoms with van der Waals surface area (Å²) in [6, 6.07) is 19.0. The highest BCUT2D eigenvalue weighted by Gasteiger charge is 2.37. The average Bonchev–Trinajstić information content (AvgIpc) is 2.98. The van der Waals surface area contributed by atoms with E-state index in [1.54, 1.807) is 56.0 Å². The summed E-state index contributed by atoms with van der Waals surface area (Å²) in [6.07, 6.45) is -2.79. The average molecular weight is 566 g/mol. The van der Waals surface area contributed by atoms with E-state index in [4.69, 9.17) is 26.8 Å². The molecule has 0 saturated heterocycles. The van der Waals surface area contributed by atoms with Crippen LogP contribution in [0.15, 0.2) is 66.7 Å². The number of rotatable bonds is 7. The molecule has 1 aliphatic rings. The van der Waals surface area contributed by atoms with Gasteiger partial charge in [0.1, 0.15) is 23.6 Å². The summed E-state index contributed by atoms with van der Waals surface area (Å²) < 4.78 is 11.7. The number of halogens is 1. The highest BCUT2D eigenvalue weighted by atomic mass is 35.5. The molecule has 0 aromatic heterocycles. The number of ether oxygens (including phenoxy) is 2. The van der Waals surface area contributed by atoms with Crippen molar-refractivity contribution < 1.29 is 29.0 Å². The van der Waals surface area contributed by atoms with Gasteiger partial charge in [-0.25, -0.2) is 4.79 Å². The predicted octanol–water partition coefficient (Wildman–Crippen LogP) is 4.97. The van der Waals surface area contributed by atoms with Crippen molar-refractivity contribution in [3.8, 4) is 5.75 Å². The molecule has 1 aliphatic heterocycles. The minimum atomic E-state index is -1.16. The molecule has 2 atom stereocenters. The maximum Gasteiger partial charge on any atom is 0.407 e. The van der Waals surface area contributed by atoms with Crippen LogP contribution >= 0.6 is 11.6 Å². The molecule has 210 valence electrons. The Morgan fingerprint density at radius 3 is 2.48 bits per heavy atom. The van der Waals surface area contributed by atoms with Gasteiger partial charge < -0.3 is 30.5 Å². The number of carbonyl (C=O) groups excluding carboxylic acids is 3. The SMILES string of the molecule is CC(C)(C)OC(=O)NCc1cccc(C2OC(CC(N)=O)C(=O)N(Cc3ccc(O)cc3)c3ccc(Cl)cc32)c1. The van der Waals surface area contributed by atoms with Crippen LogP contribution in [0.2, 0.25) is 5.02 Å². The first-order valence-corrected chi connectivity index (χ1v) is 13.2. The molecule has 4 rings (SSSR count). The number of nitrogens with zero attached hydrogens (tertiary/aromatic N) is 1. The van der Waals surface area contributed by atoms with Crippen molar-refractivity contribution in [2.24, 2.45) is 5.73 Å². The van der Waals surface area contributed by atoms with Gasteiger partial charge in [-0.1, -0.05) is 48.0 Å². The van der Waals surface area contributed by atoms with Crippen molar-refractivity contribution in [3.05, 3.63) is 94.0 Å². The van der Waals surface area contributed by atoms with E-state index in [-0.39, 0.29) is 25.3 Å². The number of nitrogens with one attached hydrogen (secondary N) is 1. The molecule has 0 saturated carbocycles. The zero-order chi connectivity index (χ0) is 29.0. The fraction of sp³-hybridized carbons (Fsp3) is 0.300. The maximum absolute atomic E-state index is 13.8. The lowest BCUT2D eigenvalue weighted by atomic mass is 9.97. The lowest BCUT2D eigenvalue weighted by Gasteiger charge is -2.25. The molecule has 0 radical (unpaired) electrons. The van der Waals surface area contributed by atoms with Crippen molar-refractivity contribution >= 4 is 35.2 Å². The van der Waals surface area contributed by atoms with Gasteiger partial charge in [-0.15, -0.1) is 0 Å². The number of carbonyl (C=O) groups is 3. The maximum atomic E-state index is 13.8. The Morgan fingerprint density at radius 1 is 1.07 bits per heavy atom. The van der Waals surface area contributed by atoms with Gasteiger partial charge >= 0.3 is 6.09 Å². The number of hydrogen-bond donors (Lipinski definition) is 3. The van der Waals surface area contributed by atoms with Crippen LogP contribution in [0.4, 0.5) is 10.5 Å². The number of anilines is 1. The van der Waals surface area contributed by atoms with E-state index in [2.05, 4.69) is 5.32 Å². The highest BCUT2D eigenvalue weighted by molar-refractivity contribution is 6.30. The van der Waals surface area contributed by atoms with Crippen LogP contribution in [0.1, 0.15) is 55.5 Å². The van der Waals surface area contributed by atoms with Gasteiger partial charge in [0.2, 0.25) is 5.91 Å². The van der Waals surface area contributed by atoms with Gasteiger partial charge in [-0.3, -0.25) is 9.59 Å². The number of phenolic OH excluding ortho intramolecular Hbond substituents is 1. The third-order valence-corrected chi connectivity index (χ3v) is 6.39. The van der Waals surface area contributed by atoms with E-state index >= 15 is 0 Å². The number of hydrogen-bond acceptors (Lipinski definition) is 6. The molecular weight excluding hydrogens is 534 g/mol. The largest absolute Gasteiger partial charge is 0.508 e. The Bertz CT molecular complexity index is 1400. The van der Waals surface area contributed by atoms with Gasteiger partial charge in [0.25, 0.3) is 5.91 Å². The number of aromatic hydroxyl groups is 1. The molecule has 0 fully saturated rings. The van der Waals surface area contributed by atoms with E-state index < -0.39 is 35.7 Å². The predicted molar refractivity (Wildman–Crippen MR) is 151 cm³/mol. The van der Waals surface area contributed by atoms with Crippen LogP contribution in [-0.4, -0.2) is 34.7 Å². The molecule has 1 heterocycles. The smallest absolute Gasteiger partial charge is 0.407 e. The van der Waals surface area contributed by atoms with Crippen molar-refractivity contribution in [1.82, 2.24) is 5.32 Å². The lowest BCUT2D eigenvalue weighted by Crippen LogP contribution is -2.41. The molecule has 9 nitrogen and oxygen atoms in total. The third-order valence-electron chi connectivity index (χ3n) is 6.16. The van der Waals surface area contributed by atoms with Crippen LogP contribution in [0.3, 0.4) is 0 Å². The summed E-state index contributed by atoms with van der Waals surface area (Å²) in [5.41, 5.74) is 8.31. The Hall–Kier alpha value is -4.08. The fourth-order valence-electron chi connectivity index (χ4n) is 4.45.